The highest BCUT2D eigenvalue weighted by Gasteiger charge is 2.19. The first kappa shape index (κ1) is 17.4. The molecule has 0 unspecified atom stereocenters. The minimum absolute atomic E-state index is 0.308. The average Bonchev–Trinajstić information content (AvgIpc) is 2.67. The van der Waals surface area contributed by atoms with Gasteiger partial charge in [-0.15, -0.1) is 0 Å². The maximum atomic E-state index is 12.9. The molecular formula is C22H20N2O3. The van der Waals surface area contributed by atoms with E-state index < -0.39 is 5.97 Å². The number of para-hydroxylation sites is 1. The van der Waals surface area contributed by atoms with E-state index in [0.29, 0.717) is 18.7 Å². The zero-order valence-electron chi connectivity index (χ0n) is 15.3. The third-order valence-corrected chi connectivity index (χ3v) is 4.51. The highest BCUT2D eigenvalue weighted by molar-refractivity contribution is 6.16. The highest BCUT2D eigenvalue weighted by atomic mass is 17.2. The van der Waals surface area contributed by atoms with E-state index in [1.54, 1.807) is 0 Å². The van der Waals surface area contributed by atoms with Crippen LogP contribution >= 0.6 is 0 Å². The smallest absolute Gasteiger partial charge is 0.307 e. The van der Waals surface area contributed by atoms with E-state index in [0.717, 1.165) is 32.6 Å². The Labute approximate surface area is 157 Å². The molecule has 136 valence electrons. The van der Waals surface area contributed by atoms with Gasteiger partial charge >= 0.3 is 5.97 Å². The van der Waals surface area contributed by atoms with Gasteiger partial charge in [-0.1, -0.05) is 42.5 Å². The summed E-state index contributed by atoms with van der Waals surface area (Å²) in [5.41, 5.74) is 1.99. The lowest BCUT2D eigenvalue weighted by Gasteiger charge is -2.12. The second kappa shape index (κ2) is 7.31. The molecule has 0 spiro atoms. The lowest BCUT2D eigenvalue weighted by molar-refractivity contribution is -0.241. The van der Waals surface area contributed by atoms with Crippen LogP contribution in [0.2, 0.25) is 0 Å². The van der Waals surface area contributed by atoms with Crippen LogP contribution < -0.4 is 0 Å². The van der Waals surface area contributed by atoms with Crippen LogP contribution in [0.4, 0.5) is 0 Å². The zero-order valence-corrected chi connectivity index (χ0v) is 15.3. The van der Waals surface area contributed by atoms with Gasteiger partial charge in [0.25, 0.3) is 0 Å². The molecule has 0 aliphatic rings. The largest absolute Gasteiger partial charge is 0.374 e. The van der Waals surface area contributed by atoms with Gasteiger partial charge in [0, 0.05) is 17.3 Å². The Morgan fingerprint density at radius 3 is 2.41 bits per heavy atom. The van der Waals surface area contributed by atoms with Crippen LogP contribution in [-0.4, -0.2) is 43.1 Å². The third kappa shape index (κ3) is 3.47. The first-order valence-electron chi connectivity index (χ1n) is 8.83. The Morgan fingerprint density at radius 2 is 1.63 bits per heavy atom. The van der Waals surface area contributed by atoms with Crippen LogP contribution in [0.15, 0.2) is 60.7 Å². The van der Waals surface area contributed by atoms with Crippen LogP contribution in [0.3, 0.4) is 0 Å². The molecule has 27 heavy (non-hydrogen) atoms. The monoisotopic (exact) mass is 360 g/mol. The topological polar surface area (TPSA) is 51.7 Å². The fourth-order valence-corrected chi connectivity index (χ4v) is 3.16. The van der Waals surface area contributed by atoms with Crippen molar-refractivity contribution in [2.45, 2.75) is 0 Å². The number of rotatable bonds is 5. The highest BCUT2D eigenvalue weighted by Crippen LogP contribution is 2.30. The molecule has 4 rings (SSSR count). The SMILES string of the molecule is CN(C)CCOOC(=O)c1c2ccccc2nc2cc3ccccc3cc12. The predicted octanol–water partition coefficient (Wildman–Crippen LogP) is 4.19. The van der Waals surface area contributed by atoms with Gasteiger partial charge in [0.2, 0.25) is 0 Å². The second-order valence-electron chi connectivity index (χ2n) is 6.72. The Hall–Kier alpha value is -3.02. The van der Waals surface area contributed by atoms with Gasteiger partial charge < -0.3 is 4.90 Å². The number of nitrogens with zero attached hydrogens (tertiary/aromatic N) is 2. The Morgan fingerprint density at radius 1 is 0.926 bits per heavy atom. The molecule has 3 aromatic carbocycles. The number of pyridine rings is 1. The molecule has 0 N–H and O–H groups in total. The molecule has 0 fully saturated rings. The molecule has 0 aliphatic heterocycles. The average molecular weight is 360 g/mol. The molecule has 5 nitrogen and oxygen atoms in total. The van der Waals surface area contributed by atoms with E-state index in [2.05, 4.69) is 0 Å². The van der Waals surface area contributed by atoms with Gasteiger partial charge in [-0.3, -0.25) is 4.89 Å². The third-order valence-electron chi connectivity index (χ3n) is 4.51. The van der Waals surface area contributed by atoms with Crippen LogP contribution in [0.5, 0.6) is 0 Å². The number of hydrogen-bond acceptors (Lipinski definition) is 5. The van der Waals surface area contributed by atoms with E-state index >= 15 is 0 Å². The molecule has 0 atom stereocenters. The summed E-state index contributed by atoms with van der Waals surface area (Å²) in [6.07, 6.45) is 0. The van der Waals surface area contributed by atoms with Crippen LogP contribution in [0, 0.1) is 0 Å². The zero-order chi connectivity index (χ0) is 18.8. The van der Waals surface area contributed by atoms with E-state index in [4.69, 9.17) is 14.8 Å². The molecule has 0 radical (unpaired) electrons. The first-order valence-corrected chi connectivity index (χ1v) is 8.83. The molecular weight excluding hydrogens is 340 g/mol. The normalized spacial score (nSPS) is 11.5. The molecule has 0 saturated carbocycles. The fraction of sp³-hybridized carbons (Fsp3) is 0.182. The van der Waals surface area contributed by atoms with Crippen LogP contribution in [0.1, 0.15) is 10.4 Å². The number of aromatic nitrogens is 1. The molecule has 5 heteroatoms. The van der Waals surface area contributed by atoms with Gasteiger partial charge in [-0.25, -0.2) is 9.78 Å². The van der Waals surface area contributed by atoms with Gasteiger partial charge in [0.15, 0.2) is 0 Å². The number of fused-ring (bicyclic) bond motifs is 3. The summed E-state index contributed by atoms with van der Waals surface area (Å²) in [5.74, 6) is -0.507. The number of likely N-dealkylation sites (N-methyl/N-ethyl adjacent to an activating group) is 1. The number of carbonyl (C=O) groups excluding carboxylic acids is 1. The van der Waals surface area contributed by atoms with Crippen LogP contribution in [0.25, 0.3) is 32.6 Å². The standard InChI is InChI=1S/C22H20N2O3/c1-24(2)11-12-26-27-22(25)21-17-9-5-6-10-19(17)23-20-14-16-8-4-3-7-15(16)13-18(20)21/h3-10,13-14H,11-12H2,1-2H3. The summed E-state index contributed by atoms with van der Waals surface area (Å²) in [5, 5.41) is 3.63. The lowest BCUT2D eigenvalue weighted by Crippen LogP contribution is -2.19. The summed E-state index contributed by atoms with van der Waals surface area (Å²) in [6.45, 7) is 0.971. The summed E-state index contributed by atoms with van der Waals surface area (Å²) >= 11 is 0. The van der Waals surface area contributed by atoms with Crippen LogP contribution in [-0.2, 0) is 9.78 Å². The summed E-state index contributed by atoms with van der Waals surface area (Å²) in [6, 6.07) is 19.6. The van der Waals surface area contributed by atoms with Gasteiger partial charge in [-0.05, 0) is 43.1 Å². The lowest BCUT2D eigenvalue weighted by atomic mass is 9.99. The van der Waals surface area contributed by atoms with Crippen molar-refractivity contribution >= 4 is 38.5 Å². The van der Waals surface area contributed by atoms with Crippen molar-refractivity contribution in [2.75, 3.05) is 27.2 Å². The number of hydrogen-bond donors (Lipinski definition) is 0. The van der Waals surface area contributed by atoms with Crippen molar-refractivity contribution in [3.05, 3.63) is 66.2 Å². The maximum Gasteiger partial charge on any atom is 0.374 e. The number of benzene rings is 3. The Balaban J connectivity index is 1.84. The molecule has 4 aromatic rings. The van der Waals surface area contributed by atoms with Gasteiger partial charge in [0.05, 0.1) is 16.6 Å². The molecule has 1 aromatic heterocycles. The van der Waals surface area contributed by atoms with E-state index in [1.165, 1.54) is 0 Å². The summed E-state index contributed by atoms with van der Waals surface area (Å²) in [7, 11) is 3.86. The van der Waals surface area contributed by atoms with Crippen molar-refractivity contribution in [3.63, 3.8) is 0 Å². The van der Waals surface area contributed by atoms with E-state index in [9.17, 15) is 4.79 Å². The van der Waals surface area contributed by atoms with Crippen molar-refractivity contribution < 1.29 is 14.6 Å². The van der Waals surface area contributed by atoms with Crippen molar-refractivity contribution in [1.29, 1.82) is 0 Å². The van der Waals surface area contributed by atoms with Crippen molar-refractivity contribution in [3.8, 4) is 0 Å². The minimum atomic E-state index is -0.507. The van der Waals surface area contributed by atoms with E-state index in [1.807, 2.05) is 79.7 Å². The second-order valence-corrected chi connectivity index (χ2v) is 6.72. The summed E-state index contributed by atoms with van der Waals surface area (Å²) in [4.78, 5) is 29.8. The quantitative estimate of drug-likeness (QED) is 0.231. The summed E-state index contributed by atoms with van der Waals surface area (Å²) < 4.78 is 0. The fourth-order valence-electron chi connectivity index (χ4n) is 3.16. The van der Waals surface area contributed by atoms with Gasteiger partial charge in [-0.2, -0.15) is 4.89 Å². The molecule has 0 amide bonds. The molecule has 0 aliphatic carbocycles. The Kier molecular flexibility index (Phi) is 4.71. The first-order chi connectivity index (χ1) is 13.1. The number of carbonyl (C=O) groups is 1. The molecule has 0 bridgehead atoms. The minimum Gasteiger partial charge on any atom is -0.307 e. The van der Waals surface area contributed by atoms with Crippen molar-refractivity contribution in [2.24, 2.45) is 0 Å². The maximum absolute atomic E-state index is 12.9. The predicted molar refractivity (Wildman–Crippen MR) is 107 cm³/mol. The van der Waals surface area contributed by atoms with E-state index in [-0.39, 0.29) is 0 Å². The van der Waals surface area contributed by atoms with Crippen molar-refractivity contribution in [1.82, 2.24) is 9.88 Å². The molecule has 1 heterocycles. The van der Waals surface area contributed by atoms with Gasteiger partial charge in [0.1, 0.15) is 6.61 Å². The molecule has 0 saturated heterocycles. The Bertz CT molecular complexity index is 1130.